The Balaban J connectivity index is 1.75. The fourth-order valence-corrected chi connectivity index (χ4v) is 5.85. The molecule has 0 saturated carbocycles. The maximum atomic E-state index is 14.2. The standard InChI is InChI=1S/C30H23F3N2O2S/c1-21-12-18-26(19-13-21)38(36,37)35-28(23-14-16-25(17-15-23)30(31,32)33)20-27(22-8-4-2-5-9-22)34-29(35)24-10-6-3-7-11-24/h2-20,28H,1H3. The normalized spacial score (nSPS) is 16.1. The minimum Gasteiger partial charge on any atom is -0.238 e. The zero-order chi connectivity index (χ0) is 26.9. The maximum absolute atomic E-state index is 14.2. The Morgan fingerprint density at radius 3 is 1.84 bits per heavy atom. The van der Waals surface area contributed by atoms with Gasteiger partial charge in [-0.1, -0.05) is 90.5 Å². The second-order valence-electron chi connectivity index (χ2n) is 8.90. The van der Waals surface area contributed by atoms with E-state index in [-0.39, 0.29) is 10.7 Å². The SMILES string of the molecule is Cc1ccc(S(=O)(=O)N2C(c3ccccc3)=NC(c3ccccc3)=CC2c2ccc(C(F)(F)F)cc2)cc1. The molecule has 0 N–H and O–H groups in total. The van der Waals surface area contributed by atoms with Gasteiger partial charge in [0.1, 0.15) is 0 Å². The third-order valence-corrected chi connectivity index (χ3v) is 8.05. The third kappa shape index (κ3) is 4.99. The molecule has 4 aromatic rings. The van der Waals surface area contributed by atoms with Gasteiger partial charge in [0.15, 0.2) is 5.84 Å². The van der Waals surface area contributed by atoms with Crippen molar-refractivity contribution in [1.82, 2.24) is 4.31 Å². The molecule has 1 heterocycles. The fraction of sp³-hybridized carbons (Fsp3) is 0.100. The third-order valence-electron chi connectivity index (χ3n) is 6.26. The van der Waals surface area contributed by atoms with Crippen LogP contribution in [-0.4, -0.2) is 18.6 Å². The van der Waals surface area contributed by atoms with Crippen LogP contribution in [0.25, 0.3) is 5.70 Å². The smallest absolute Gasteiger partial charge is 0.238 e. The molecule has 0 aromatic heterocycles. The van der Waals surface area contributed by atoms with E-state index >= 15 is 0 Å². The van der Waals surface area contributed by atoms with E-state index in [1.165, 1.54) is 28.6 Å². The number of rotatable bonds is 5. The average molecular weight is 533 g/mol. The van der Waals surface area contributed by atoms with Gasteiger partial charge < -0.3 is 0 Å². The summed E-state index contributed by atoms with van der Waals surface area (Å²) in [6, 6.07) is 28.2. The molecule has 1 aliphatic heterocycles. The Hall–Kier alpha value is -4.17. The van der Waals surface area contributed by atoms with Gasteiger partial charge in [0.05, 0.1) is 22.2 Å². The molecule has 4 aromatic carbocycles. The van der Waals surface area contributed by atoms with Crippen molar-refractivity contribution in [2.75, 3.05) is 0 Å². The summed E-state index contributed by atoms with van der Waals surface area (Å²) in [5.74, 6) is 0.178. The molecule has 0 bridgehead atoms. The summed E-state index contributed by atoms with van der Waals surface area (Å²) >= 11 is 0. The van der Waals surface area contributed by atoms with Crippen molar-refractivity contribution >= 4 is 21.6 Å². The molecule has 8 heteroatoms. The number of benzene rings is 4. The van der Waals surface area contributed by atoms with E-state index in [9.17, 15) is 21.6 Å². The first-order valence-electron chi connectivity index (χ1n) is 11.8. The van der Waals surface area contributed by atoms with E-state index in [2.05, 4.69) is 0 Å². The van der Waals surface area contributed by atoms with Crippen molar-refractivity contribution in [3.63, 3.8) is 0 Å². The molecule has 0 fully saturated rings. The van der Waals surface area contributed by atoms with E-state index in [4.69, 9.17) is 4.99 Å². The molecule has 4 nitrogen and oxygen atoms in total. The number of sulfonamides is 1. The molecule has 192 valence electrons. The monoisotopic (exact) mass is 532 g/mol. The molecule has 0 saturated heterocycles. The zero-order valence-corrected chi connectivity index (χ0v) is 21.1. The van der Waals surface area contributed by atoms with Crippen molar-refractivity contribution in [2.45, 2.75) is 24.0 Å². The quantitative estimate of drug-likeness (QED) is 0.272. The lowest BCUT2D eigenvalue weighted by Crippen LogP contribution is -2.41. The molecule has 1 aliphatic rings. The molecule has 1 atom stereocenters. The Bertz CT molecular complexity index is 1600. The van der Waals surface area contributed by atoms with Crippen LogP contribution in [0.1, 0.15) is 33.9 Å². The lowest BCUT2D eigenvalue weighted by molar-refractivity contribution is -0.137. The lowest BCUT2D eigenvalue weighted by Gasteiger charge is -2.35. The summed E-state index contributed by atoms with van der Waals surface area (Å²) < 4.78 is 69.5. The number of hydrogen-bond acceptors (Lipinski definition) is 3. The average Bonchev–Trinajstić information content (AvgIpc) is 2.93. The minimum absolute atomic E-state index is 0.0557. The summed E-state index contributed by atoms with van der Waals surface area (Å²) in [6.45, 7) is 1.86. The summed E-state index contributed by atoms with van der Waals surface area (Å²) in [5, 5.41) is 0. The number of aliphatic imine (C=N–C) groups is 1. The number of hydrogen-bond donors (Lipinski definition) is 0. The number of aryl methyl sites for hydroxylation is 1. The number of halogens is 3. The van der Waals surface area contributed by atoms with Gasteiger partial charge in [0, 0.05) is 5.56 Å². The number of nitrogens with zero attached hydrogens (tertiary/aromatic N) is 2. The van der Waals surface area contributed by atoms with E-state index < -0.39 is 27.8 Å². The topological polar surface area (TPSA) is 49.7 Å². The predicted molar refractivity (Wildman–Crippen MR) is 142 cm³/mol. The number of amidine groups is 1. The second-order valence-corrected chi connectivity index (χ2v) is 10.7. The highest BCUT2D eigenvalue weighted by molar-refractivity contribution is 7.89. The molecule has 0 spiro atoms. The van der Waals surface area contributed by atoms with Gasteiger partial charge in [0.25, 0.3) is 10.0 Å². The predicted octanol–water partition coefficient (Wildman–Crippen LogP) is 7.25. The van der Waals surface area contributed by atoms with E-state index in [0.29, 0.717) is 16.8 Å². The molecule has 0 aliphatic carbocycles. The number of alkyl halides is 3. The first kappa shape index (κ1) is 25.5. The van der Waals surface area contributed by atoms with Gasteiger partial charge in [-0.15, -0.1) is 0 Å². The van der Waals surface area contributed by atoms with Crippen LogP contribution in [0, 0.1) is 6.92 Å². The van der Waals surface area contributed by atoms with Crippen molar-refractivity contribution in [2.24, 2.45) is 4.99 Å². The van der Waals surface area contributed by atoms with Crippen LogP contribution in [0.2, 0.25) is 0 Å². The van der Waals surface area contributed by atoms with E-state index in [1.807, 2.05) is 43.3 Å². The first-order chi connectivity index (χ1) is 18.1. The van der Waals surface area contributed by atoms with Gasteiger partial charge in [-0.2, -0.15) is 13.2 Å². The molecule has 5 rings (SSSR count). The molecule has 1 unspecified atom stereocenters. The molecule has 0 radical (unpaired) electrons. The van der Waals surface area contributed by atoms with Crippen LogP contribution in [0.15, 0.2) is 125 Å². The highest BCUT2D eigenvalue weighted by Crippen LogP contribution is 2.39. The summed E-state index contributed by atoms with van der Waals surface area (Å²) in [6.07, 6.45) is -2.84. The van der Waals surface area contributed by atoms with Gasteiger partial charge in [-0.25, -0.2) is 17.7 Å². The van der Waals surface area contributed by atoms with Gasteiger partial charge in [-0.3, -0.25) is 0 Å². The summed E-state index contributed by atoms with van der Waals surface area (Å²) in [5.41, 5.74) is 2.29. The van der Waals surface area contributed by atoms with Crippen LogP contribution >= 0.6 is 0 Å². The summed E-state index contributed by atoms with van der Waals surface area (Å²) in [4.78, 5) is 4.85. The van der Waals surface area contributed by atoms with Crippen molar-refractivity contribution in [1.29, 1.82) is 0 Å². The Labute approximate surface area is 219 Å². The van der Waals surface area contributed by atoms with Crippen LogP contribution < -0.4 is 0 Å². The van der Waals surface area contributed by atoms with Crippen LogP contribution in [0.5, 0.6) is 0 Å². The van der Waals surface area contributed by atoms with E-state index in [0.717, 1.165) is 23.3 Å². The molecular formula is C30H23F3N2O2S. The van der Waals surface area contributed by atoms with E-state index in [1.54, 1.807) is 42.5 Å². The lowest BCUT2D eigenvalue weighted by atomic mass is 9.99. The largest absolute Gasteiger partial charge is 0.416 e. The van der Waals surface area contributed by atoms with Gasteiger partial charge >= 0.3 is 6.18 Å². The van der Waals surface area contributed by atoms with Crippen LogP contribution in [0.4, 0.5) is 13.2 Å². The fourth-order valence-electron chi connectivity index (χ4n) is 4.29. The van der Waals surface area contributed by atoms with Gasteiger partial charge in [0.2, 0.25) is 0 Å². The molecule has 0 amide bonds. The van der Waals surface area contributed by atoms with Crippen molar-refractivity contribution in [3.05, 3.63) is 143 Å². The minimum atomic E-state index is -4.51. The summed E-state index contributed by atoms with van der Waals surface area (Å²) in [7, 11) is -4.18. The highest BCUT2D eigenvalue weighted by atomic mass is 32.2. The van der Waals surface area contributed by atoms with Crippen molar-refractivity contribution in [3.8, 4) is 0 Å². The highest BCUT2D eigenvalue weighted by Gasteiger charge is 2.38. The second kappa shape index (κ2) is 9.95. The Morgan fingerprint density at radius 2 is 1.29 bits per heavy atom. The maximum Gasteiger partial charge on any atom is 0.416 e. The van der Waals surface area contributed by atoms with Crippen LogP contribution in [-0.2, 0) is 16.2 Å². The van der Waals surface area contributed by atoms with Crippen LogP contribution in [0.3, 0.4) is 0 Å². The molecular weight excluding hydrogens is 509 g/mol. The Morgan fingerprint density at radius 1 is 0.737 bits per heavy atom. The zero-order valence-electron chi connectivity index (χ0n) is 20.3. The van der Waals surface area contributed by atoms with Crippen molar-refractivity contribution < 1.29 is 21.6 Å². The first-order valence-corrected chi connectivity index (χ1v) is 13.3. The van der Waals surface area contributed by atoms with Gasteiger partial charge in [-0.05, 0) is 48.4 Å². The Kier molecular flexibility index (Phi) is 6.67. The molecule has 38 heavy (non-hydrogen) atoms.